The molecule has 19 heavy (non-hydrogen) atoms. The number of phenolic OH excluding ortho intramolecular Hbond substituents is 1. The molecule has 0 aromatic heterocycles. The van der Waals surface area contributed by atoms with Crippen LogP contribution in [0.2, 0.25) is 5.02 Å². The van der Waals surface area contributed by atoms with E-state index >= 15 is 0 Å². The molecule has 0 radical (unpaired) electrons. The largest absolute Gasteiger partial charge is 0.508 e. The molecule has 0 heterocycles. The van der Waals surface area contributed by atoms with Crippen molar-refractivity contribution in [3.8, 4) is 5.75 Å². The van der Waals surface area contributed by atoms with Crippen LogP contribution in [-0.4, -0.2) is 11.0 Å². The molecule has 98 valence electrons. The first-order chi connectivity index (χ1) is 8.97. The van der Waals surface area contributed by atoms with Gasteiger partial charge in [0, 0.05) is 10.2 Å². The Morgan fingerprint density at radius 2 is 2.00 bits per heavy atom. The maximum absolute atomic E-state index is 12.1. The zero-order valence-corrected chi connectivity index (χ0v) is 12.4. The molecule has 0 saturated carbocycles. The Balaban J connectivity index is 2.30. The molecule has 0 fully saturated rings. The van der Waals surface area contributed by atoms with Crippen LogP contribution in [0.1, 0.15) is 15.9 Å². The van der Waals surface area contributed by atoms with Gasteiger partial charge in [0.2, 0.25) is 0 Å². The summed E-state index contributed by atoms with van der Waals surface area (Å²) < 4.78 is 0.871. The standard InChI is InChI=1S/C14H11BrClNO2/c1-8-2-3-9(15)6-13(8)17-14(19)11-7-10(18)4-5-12(11)16/h2-7,18H,1H3,(H,17,19). The smallest absolute Gasteiger partial charge is 0.257 e. The van der Waals surface area contributed by atoms with E-state index in [1.165, 1.54) is 18.2 Å². The molecule has 0 spiro atoms. The Bertz CT molecular complexity index is 643. The van der Waals surface area contributed by atoms with Crippen molar-refractivity contribution >= 4 is 39.1 Å². The summed E-state index contributed by atoms with van der Waals surface area (Å²) >= 11 is 9.30. The molecular weight excluding hydrogens is 330 g/mol. The van der Waals surface area contributed by atoms with Crippen molar-refractivity contribution in [2.24, 2.45) is 0 Å². The van der Waals surface area contributed by atoms with Crippen molar-refractivity contribution < 1.29 is 9.90 Å². The van der Waals surface area contributed by atoms with Gasteiger partial charge in [0.1, 0.15) is 5.75 Å². The van der Waals surface area contributed by atoms with E-state index in [0.717, 1.165) is 10.0 Å². The highest BCUT2D eigenvalue weighted by molar-refractivity contribution is 9.10. The van der Waals surface area contributed by atoms with Crippen molar-refractivity contribution in [1.29, 1.82) is 0 Å². The number of phenols is 1. The summed E-state index contributed by atoms with van der Waals surface area (Å²) in [4.78, 5) is 12.1. The quantitative estimate of drug-likeness (QED) is 0.853. The van der Waals surface area contributed by atoms with Gasteiger partial charge in [0.05, 0.1) is 10.6 Å². The number of halogens is 2. The number of carbonyl (C=O) groups excluding carboxylic acids is 1. The predicted molar refractivity (Wildman–Crippen MR) is 79.9 cm³/mol. The van der Waals surface area contributed by atoms with E-state index in [1.807, 2.05) is 25.1 Å². The summed E-state index contributed by atoms with van der Waals surface area (Å²) in [6.45, 7) is 1.89. The zero-order valence-electron chi connectivity index (χ0n) is 10.1. The average Bonchev–Trinajstić information content (AvgIpc) is 2.36. The monoisotopic (exact) mass is 339 g/mol. The van der Waals surface area contributed by atoms with Crippen LogP contribution in [0.4, 0.5) is 5.69 Å². The number of rotatable bonds is 2. The van der Waals surface area contributed by atoms with E-state index in [0.29, 0.717) is 10.7 Å². The van der Waals surface area contributed by atoms with Crippen molar-refractivity contribution in [2.75, 3.05) is 5.32 Å². The molecule has 0 saturated heterocycles. The number of amides is 1. The summed E-state index contributed by atoms with van der Waals surface area (Å²) in [6, 6.07) is 9.86. The summed E-state index contributed by atoms with van der Waals surface area (Å²) in [7, 11) is 0. The van der Waals surface area contributed by atoms with E-state index in [4.69, 9.17) is 11.6 Å². The SMILES string of the molecule is Cc1ccc(Br)cc1NC(=O)c1cc(O)ccc1Cl. The van der Waals surface area contributed by atoms with Gasteiger partial charge in [-0.1, -0.05) is 33.6 Å². The Kier molecular flexibility index (Phi) is 4.12. The first kappa shape index (κ1) is 13.9. The van der Waals surface area contributed by atoms with Gasteiger partial charge in [-0.15, -0.1) is 0 Å². The molecule has 0 atom stereocenters. The minimum absolute atomic E-state index is 0.000476. The fourth-order valence-electron chi connectivity index (χ4n) is 1.61. The molecule has 0 unspecified atom stereocenters. The van der Waals surface area contributed by atoms with Gasteiger partial charge in [-0.3, -0.25) is 4.79 Å². The Labute approximate surface area is 124 Å². The number of aryl methyl sites for hydroxylation is 1. The molecule has 2 N–H and O–H groups in total. The molecule has 0 aliphatic carbocycles. The maximum atomic E-state index is 12.1. The summed E-state index contributed by atoms with van der Waals surface area (Å²) in [5, 5.41) is 12.5. The Morgan fingerprint density at radius 1 is 1.26 bits per heavy atom. The minimum atomic E-state index is -0.359. The molecule has 2 rings (SSSR count). The van der Waals surface area contributed by atoms with Gasteiger partial charge >= 0.3 is 0 Å². The molecule has 5 heteroatoms. The number of carbonyl (C=O) groups is 1. The summed E-state index contributed by atoms with van der Waals surface area (Å²) in [6.07, 6.45) is 0. The van der Waals surface area contributed by atoms with E-state index < -0.39 is 0 Å². The second-order valence-corrected chi connectivity index (χ2v) is 5.40. The van der Waals surface area contributed by atoms with Crippen LogP contribution in [0.5, 0.6) is 5.75 Å². The fourth-order valence-corrected chi connectivity index (χ4v) is 2.17. The number of benzene rings is 2. The Hall–Kier alpha value is -1.52. The molecule has 0 aliphatic heterocycles. The van der Waals surface area contributed by atoms with Crippen LogP contribution < -0.4 is 5.32 Å². The predicted octanol–water partition coefficient (Wildman–Crippen LogP) is 4.37. The van der Waals surface area contributed by atoms with E-state index in [-0.39, 0.29) is 17.2 Å². The summed E-state index contributed by atoms with van der Waals surface area (Å²) in [5.41, 5.74) is 1.87. The van der Waals surface area contributed by atoms with Crippen LogP contribution in [0.3, 0.4) is 0 Å². The van der Waals surface area contributed by atoms with Crippen molar-refractivity contribution in [2.45, 2.75) is 6.92 Å². The van der Waals surface area contributed by atoms with Gasteiger partial charge in [0.25, 0.3) is 5.91 Å². The van der Waals surface area contributed by atoms with Crippen LogP contribution in [0.15, 0.2) is 40.9 Å². The van der Waals surface area contributed by atoms with Crippen LogP contribution in [0.25, 0.3) is 0 Å². The first-order valence-electron chi connectivity index (χ1n) is 5.53. The van der Waals surface area contributed by atoms with Crippen molar-refractivity contribution in [3.05, 3.63) is 57.0 Å². The minimum Gasteiger partial charge on any atom is -0.508 e. The highest BCUT2D eigenvalue weighted by atomic mass is 79.9. The van der Waals surface area contributed by atoms with E-state index in [1.54, 1.807) is 0 Å². The lowest BCUT2D eigenvalue weighted by Crippen LogP contribution is -2.13. The third kappa shape index (κ3) is 3.28. The summed E-state index contributed by atoms with van der Waals surface area (Å²) in [5.74, 6) is -0.359. The molecule has 0 bridgehead atoms. The van der Waals surface area contributed by atoms with Crippen LogP contribution in [-0.2, 0) is 0 Å². The maximum Gasteiger partial charge on any atom is 0.257 e. The highest BCUT2D eigenvalue weighted by Gasteiger charge is 2.12. The Morgan fingerprint density at radius 3 is 2.74 bits per heavy atom. The lowest BCUT2D eigenvalue weighted by molar-refractivity contribution is 0.102. The van der Waals surface area contributed by atoms with Gasteiger partial charge in [-0.2, -0.15) is 0 Å². The van der Waals surface area contributed by atoms with Gasteiger partial charge in [-0.25, -0.2) is 0 Å². The molecule has 0 aliphatic rings. The van der Waals surface area contributed by atoms with E-state index in [2.05, 4.69) is 21.2 Å². The number of hydrogen-bond donors (Lipinski definition) is 2. The second-order valence-electron chi connectivity index (χ2n) is 4.08. The topological polar surface area (TPSA) is 49.3 Å². The fraction of sp³-hybridized carbons (Fsp3) is 0.0714. The molecular formula is C14H11BrClNO2. The molecule has 2 aromatic rings. The highest BCUT2D eigenvalue weighted by Crippen LogP contribution is 2.25. The third-order valence-electron chi connectivity index (χ3n) is 2.64. The van der Waals surface area contributed by atoms with Crippen LogP contribution >= 0.6 is 27.5 Å². The van der Waals surface area contributed by atoms with Crippen molar-refractivity contribution in [1.82, 2.24) is 0 Å². The van der Waals surface area contributed by atoms with Crippen LogP contribution in [0, 0.1) is 6.92 Å². The number of hydrogen-bond acceptors (Lipinski definition) is 2. The normalized spacial score (nSPS) is 10.3. The lowest BCUT2D eigenvalue weighted by Gasteiger charge is -2.10. The van der Waals surface area contributed by atoms with Gasteiger partial charge in [-0.05, 0) is 42.8 Å². The first-order valence-corrected chi connectivity index (χ1v) is 6.70. The van der Waals surface area contributed by atoms with Gasteiger partial charge in [0.15, 0.2) is 0 Å². The van der Waals surface area contributed by atoms with Gasteiger partial charge < -0.3 is 10.4 Å². The number of aromatic hydroxyl groups is 1. The molecule has 1 amide bonds. The van der Waals surface area contributed by atoms with E-state index in [9.17, 15) is 9.90 Å². The zero-order chi connectivity index (χ0) is 14.0. The molecule has 2 aromatic carbocycles. The number of anilines is 1. The van der Waals surface area contributed by atoms with Crippen molar-refractivity contribution in [3.63, 3.8) is 0 Å². The molecule has 3 nitrogen and oxygen atoms in total. The number of nitrogens with one attached hydrogen (secondary N) is 1. The average molecular weight is 341 g/mol. The third-order valence-corrected chi connectivity index (χ3v) is 3.47. The lowest BCUT2D eigenvalue weighted by atomic mass is 10.1. The second kappa shape index (κ2) is 5.63.